The fourth-order valence-electron chi connectivity index (χ4n) is 3.04. The summed E-state index contributed by atoms with van der Waals surface area (Å²) in [4.78, 5) is 2.62. The molecule has 0 radical (unpaired) electrons. The van der Waals surface area contributed by atoms with E-state index in [1.54, 1.807) is 10.4 Å². The molecule has 5 nitrogen and oxygen atoms in total. The van der Waals surface area contributed by atoms with Crippen molar-refractivity contribution in [1.82, 2.24) is 9.21 Å². The molecule has 2 unspecified atom stereocenters. The molecular weight excluding hydrogens is 312 g/mol. The molecule has 0 saturated carbocycles. The van der Waals surface area contributed by atoms with E-state index in [2.05, 4.69) is 18.7 Å². The smallest absolute Gasteiger partial charge is 0.243 e. The first-order chi connectivity index (χ1) is 10.7. The molecule has 2 atom stereocenters. The summed E-state index contributed by atoms with van der Waals surface area (Å²) in [5.41, 5.74) is 1.59. The topological polar surface area (TPSA) is 49.9 Å². The fraction of sp³-hybridized carbons (Fsp3) is 0.647. The van der Waals surface area contributed by atoms with Crippen molar-refractivity contribution in [2.45, 2.75) is 51.6 Å². The SMILES string of the molecule is CCOc1cc(C)c(S(=O)(=O)N2CC(C)N(C)C(C)C2)cc1C. The van der Waals surface area contributed by atoms with Crippen LogP contribution >= 0.6 is 0 Å². The summed E-state index contributed by atoms with van der Waals surface area (Å²) in [7, 11) is -1.44. The number of ether oxygens (including phenoxy) is 1. The van der Waals surface area contributed by atoms with Gasteiger partial charge in [0.25, 0.3) is 0 Å². The quantitative estimate of drug-likeness (QED) is 0.845. The maximum atomic E-state index is 13.1. The van der Waals surface area contributed by atoms with Crippen molar-refractivity contribution in [3.8, 4) is 5.75 Å². The van der Waals surface area contributed by atoms with E-state index in [0.29, 0.717) is 24.6 Å². The van der Waals surface area contributed by atoms with E-state index in [4.69, 9.17) is 4.74 Å². The molecule has 0 aliphatic carbocycles. The zero-order valence-corrected chi connectivity index (χ0v) is 15.8. The van der Waals surface area contributed by atoms with Crippen LogP contribution in [0.5, 0.6) is 5.75 Å². The van der Waals surface area contributed by atoms with Crippen molar-refractivity contribution in [3.05, 3.63) is 23.3 Å². The molecule has 1 aromatic rings. The van der Waals surface area contributed by atoms with Crippen LogP contribution in [0.3, 0.4) is 0 Å². The molecule has 0 amide bonds. The van der Waals surface area contributed by atoms with Crippen molar-refractivity contribution >= 4 is 10.0 Å². The Bertz CT molecular complexity index is 661. The molecule has 0 bridgehead atoms. The second-order valence-corrected chi connectivity index (χ2v) is 8.41. The van der Waals surface area contributed by atoms with Gasteiger partial charge < -0.3 is 4.74 Å². The second kappa shape index (κ2) is 6.79. The highest BCUT2D eigenvalue weighted by atomic mass is 32.2. The molecule has 0 N–H and O–H groups in total. The van der Waals surface area contributed by atoms with Gasteiger partial charge >= 0.3 is 0 Å². The van der Waals surface area contributed by atoms with Crippen molar-refractivity contribution in [2.75, 3.05) is 26.7 Å². The lowest BCUT2D eigenvalue weighted by atomic mass is 10.1. The van der Waals surface area contributed by atoms with Crippen LogP contribution in [0, 0.1) is 13.8 Å². The molecule has 23 heavy (non-hydrogen) atoms. The van der Waals surface area contributed by atoms with Crippen LogP contribution in [-0.4, -0.2) is 56.5 Å². The molecule has 130 valence electrons. The van der Waals surface area contributed by atoms with Crippen LogP contribution < -0.4 is 4.74 Å². The van der Waals surface area contributed by atoms with Gasteiger partial charge in [0.05, 0.1) is 11.5 Å². The van der Waals surface area contributed by atoms with Crippen molar-refractivity contribution in [3.63, 3.8) is 0 Å². The second-order valence-electron chi connectivity index (χ2n) is 6.50. The number of likely N-dealkylation sites (N-methyl/N-ethyl adjacent to an activating group) is 1. The van der Waals surface area contributed by atoms with Gasteiger partial charge in [-0.15, -0.1) is 0 Å². The molecule has 1 fully saturated rings. The zero-order chi connectivity index (χ0) is 17.4. The average Bonchev–Trinajstić information content (AvgIpc) is 2.47. The van der Waals surface area contributed by atoms with Crippen LogP contribution in [0.25, 0.3) is 0 Å². The summed E-state index contributed by atoms with van der Waals surface area (Å²) < 4.78 is 33.4. The average molecular weight is 340 g/mol. The molecular formula is C17H28N2O3S. The van der Waals surface area contributed by atoms with Gasteiger partial charge in [-0.2, -0.15) is 4.31 Å². The largest absolute Gasteiger partial charge is 0.494 e. The number of piperazine rings is 1. The number of nitrogens with zero attached hydrogens (tertiary/aromatic N) is 2. The maximum absolute atomic E-state index is 13.1. The number of aryl methyl sites for hydroxylation is 2. The first kappa shape index (κ1) is 18.2. The van der Waals surface area contributed by atoms with Gasteiger partial charge in [-0.3, -0.25) is 4.90 Å². The minimum absolute atomic E-state index is 0.206. The molecule has 1 aliphatic heterocycles. The third kappa shape index (κ3) is 3.54. The van der Waals surface area contributed by atoms with Gasteiger partial charge in [0, 0.05) is 25.2 Å². The van der Waals surface area contributed by atoms with Crippen molar-refractivity contribution < 1.29 is 13.2 Å². The lowest BCUT2D eigenvalue weighted by Crippen LogP contribution is -2.56. The molecule has 1 heterocycles. The van der Waals surface area contributed by atoms with Crippen LogP contribution in [0.2, 0.25) is 0 Å². The minimum atomic E-state index is -3.49. The minimum Gasteiger partial charge on any atom is -0.494 e. The van der Waals surface area contributed by atoms with E-state index in [1.165, 1.54) is 0 Å². The van der Waals surface area contributed by atoms with E-state index in [9.17, 15) is 8.42 Å². The standard InChI is InChI=1S/C17H28N2O3S/c1-7-22-16-8-13(3)17(9-12(16)2)23(20,21)19-10-14(4)18(6)15(5)11-19/h8-9,14-15H,7,10-11H2,1-6H3. The van der Waals surface area contributed by atoms with E-state index < -0.39 is 10.0 Å². The Morgan fingerprint density at radius 1 is 1.13 bits per heavy atom. The van der Waals surface area contributed by atoms with Crippen molar-refractivity contribution in [2.24, 2.45) is 0 Å². The molecule has 6 heteroatoms. The van der Waals surface area contributed by atoms with Gasteiger partial charge in [0.15, 0.2) is 0 Å². The predicted octanol–water partition coefficient (Wildman–Crippen LogP) is 2.42. The number of hydrogen-bond acceptors (Lipinski definition) is 4. The monoisotopic (exact) mass is 340 g/mol. The Hall–Kier alpha value is -1.11. The lowest BCUT2D eigenvalue weighted by molar-refractivity contribution is 0.105. The Balaban J connectivity index is 2.38. The Morgan fingerprint density at radius 2 is 1.70 bits per heavy atom. The van der Waals surface area contributed by atoms with Crippen molar-refractivity contribution in [1.29, 1.82) is 0 Å². The highest BCUT2D eigenvalue weighted by Crippen LogP contribution is 2.29. The van der Waals surface area contributed by atoms with Crippen LogP contribution in [0.15, 0.2) is 17.0 Å². The predicted molar refractivity (Wildman–Crippen MR) is 92.5 cm³/mol. The van der Waals surface area contributed by atoms with Crippen LogP contribution in [0.4, 0.5) is 0 Å². The summed E-state index contributed by atoms with van der Waals surface area (Å²) in [6.07, 6.45) is 0. The summed E-state index contributed by atoms with van der Waals surface area (Å²) in [6.45, 7) is 11.4. The van der Waals surface area contributed by atoms with E-state index >= 15 is 0 Å². The van der Waals surface area contributed by atoms with E-state index in [0.717, 1.165) is 16.9 Å². The number of rotatable bonds is 4. The molecule has 2 rings (SSSR count). The Labute approximate surface area is 140 Å². The van der Waals surface area contributed by atoms with E-state index in [1.807, 2.05) is 33.9 Å². The summed E-state index contributed by atoms with van der Waals surface area (Å²) in [5.74, 6) is 0.754. The lowest BCUT2D eigenvalue weighted by Gasteiger charge is -2.41. The molecule has 1 aromatic carbocycles. The Kier molecular flexibility index (Phi) is 5.38. The third-order valence-corrected chi connectivity index (χ3v) is 6.69. The zero-order valence-electron chi connectivity index (χ0n) is 15.0. The summed E-state index contributed by atoms with van der Waals surface area (Å²) in [6, 6.07) is 3.98. The summed E-state index contributed by atoms with van der Waals surface area (Å²) in [5, 5.41) is 0. The molecule has 1 saturated heterocycles. The van der Waals surface area contributed by atoms with Gasteiger partial charge in [-0.1, -0.05) is 0 Å². The Morgan fingerprint density at radius 3 is 2.22 bits per heavy atom. The fourth-order valence-corrected chi connectivity index (χ4v) is 4.94. The highest BCUT2D eigenvalue weighted by molar-refractivity contribution is 7.89. The van der Waals surface area contributed by atoms with Gasteiger partial charge in [-0.05, 0) is 64.9 Å². The number of benzene rings is 1. The maximum Gasteiger partial charge on any atom is 0.243 e. The molecule has 0 spiro atoms. The molecule has 0 aromatic heterocycles. The normalized spacial score (nSPS) is 23.9. The molecule has 1 aliphatic rings. The summed E-state index contributed by atoms with van der Waals surface area (Å²) >= 11 is 0. The first-order valence-electron chi connectivity index (χ1n) is 8.14. The highest BCUT2D eigenvalue weighted by Gasteiger charge is 2.35. The van der Waals surface area contributed by atoms with Crippen LogP contribution in [0.1, 0.15) is 31.9 Å². The van der Waals surface area contributed by atoms with Crippen LogP contribution in [-0.2, 0) is 10.0 Å². The van der Waals surface area contributed by atoms with Gasteiger partial charge in [0.1, 0.15) is 5.75 Å². The number of sulfonamides is 1. The number of hydrogen-bond donors (Lipinski definition) is 0. The van der Waals surface area contributed by atoms with Gasteiger partial charge in [-0.25, -0.2) is 8.42 Å². The first-order valence-corrected chi connectivity index (χ1v) is 9.58. The van der Waals surface area contributed by atoms with E-state index in [-0.39, 0.29) is 12.1 Å². The van der Waals surface area contributed by atoms with Gasteiger partial charge in [0.2, 0.25) is 10.0 Å². The third-order valence-electron chi connectivity index (χ3n) is 4.72.